The fourth-order valence-corrected chi connectivity index (χ4v) is 3.42. The Labute approximate surface area is 135 Å². The molecule has 1 fully saturated rings. The average molecular weight is 313 g/mol. The van der Waals surface area contributed by atoms with Crippen molar-refractivity contribution >= 4 is 23.1 Å². The summed E-state index contributed by atoms with van der Waals surface area (Å²) >= 11 is 5.25. The van der Waals surface area contributed by atoms with Gasteiger partial charge in [0.25, 0.3) is 0 Å². The Balaban J connectivity index is 2.33. The van der Waals surface area contributed by atoms with Crippen LogP contribution in [0.3, 0.4) is 0 Å². The zero-order chi connectivity index (χ0) is 15.6. The van der Waals surface area contributed by atoms with E-state index < -0.39 is 5.54 Å². The molecule has 1 saturated carbocycles. The van der Waals surface area contributed by atoms with Gasteiger partial charge < -0.3 is 11.1 Å². The monoisotopic (exact) mass is 312 g/mol. The molecule has 0 spiro atoms. The first-order chi connectivity index (χ1) is 10.1. The van der Waals surface area contributed by atoms with E-state index >= 15 is 0 Å². The number of hydrogen-bond acceptors (Lipinski definition) is 2. The van der Waals surface area contributed by atoms with Crippen molar-refractivity contribution in [3.8, 4) is 0 Å². The highest BCUT2D eigenvalue weighted by atomic mass is 32.1. The van der Waals surface area contributed by atoms with E-state index in [1.165, 1.54) is 38.5 Å². The maximum Gasteiger partial charge on any atom is 0.220 e. The van der Waals surface area contributed by atoms with Gasteiger partial charge in [-0.1, -0.05) is 76.9 Å². The maximum absolute atomic E-state index is 12.2. The summed E-state index contributed by atoms with van der Waals surface area (Å²) in [5, 5.41) is 3.17. The summed E-state index contributed by atoms with van der Waals surface area (Å²) < 4.78 is 0. The van der Waals surface area contributed by atoms with Gasteiger partial charge in [0.1, 0.15) is 0 Å². The second-order valence-corrected chi connectivity index (χ2v) is 6.87. The topological polar surface area (TPSA) is 55.1 Å². The molecule has 0 aromatic rings. The lowest BCUT2D eigenvalue weighted by Gasteiger charge is -2.33. The van der Waals surface area contributed by atoms with Gasteiger partial charge in [0.05, 0.1) is 10.5 Å². The van der Waals surface area contributed by atoms with Crippen molar-refractivity contribution in [2.45, 2.75) is 95.9 Å². The number of rotatable bonds is 9. The van der Waals surface area contributed by atoms with E-state index in [9.17, 15) is 4.79 Å². The minimum Gasteiger partial charge on any atom is -0.391 e. The van der Waals surface area contributed by atoms with Gasteiger partial charge in [0.2, 0.25) is 5.91 Å². The van der Waals surface area contributed by atoms with Crippen LogP contribution in [-0.2, 0) is 4.79 Å². The molecule has 0 heterocycles. The molecule has 122 valence electrons. The van der Waals surface area contributed by atoms with Crippen molar-refractivity contribution in [3.63, 3.8) is 0 Å². The zero-order valence-corrected chi connectivity index (χ0v) is 14.4. The largest absolute Gasteiger partial charge is 0.391 e. The van der Waals surface area contributed by atoms with Crippen LogP contribution in [-0.4, -0.2) is 16.4 Å². The van der Waals surface area contributed by atoms with Crippen molar-refractivity contribution < 1.29 is 4.79 Å². The number of hydrogen-bond donors (Lipinski definition) is 2. The standard InChI is InChI=1S/C17H32N2OS/c1-2-3-4-5-6-9-12-15(20)19-17(16(18)21)13-10-7-8-11-14-17/h2-14H2,1H3,(H2,18,21)(H,19,20). The number of nitrogens with one attached hydrogen (secondary N) is 1. The molecular formula is C17H32N2OS. The van der Waals surface area contributed by atoms with Crippen LogP contribution in [0.15, 0.2) is 0 Å². The predicted molar refractivity (Wildman–Crippen MR) is 93.4 cm³/mol. The first kappa shape index (κ1) is 18.4. The van der Waals surface area contributed by atoms with Crippen molar-refractivity contribution in [3.05, 3.63) is 0 Å². The second-order valence-electron chi connectivity index (χ2n) is 6.43. The lowest BCUT2D eigenvalue weighted by atomic mass is 9.89. The molecule has 3 nitrogen and oxygen atoms in total. The van der Waals surface area contributed by atoms with Gasteiger partial charge in [-0.15, -0.1) is 0 Å². The molecule has 0 aromatic heterocycles. The Hall–Kier alpha value is -0.640. The average Bonchev–Trinajstić information content (AvgIpc) is 2.69. The van der Waals surface area contributed by atoms with Gasteiger partial charge in [-0.2, -0.15) is 0 Å². The van der Waals surface area contributed by atoms with Gasteiger partial charge in [0.15, 0.2) is 0 Å². The number of carbonyl (C=O) groups excluding carboxylic acids is 1. The number of thiocarbonyl (C=S) groups is 1. The third kappa shape index (κ3) is 6.77. The van der Waals surface area contributed by atoms with Crippen LogP contribution < -0.4 is 11.1 Å². The summed E-state index contributed by atoms with van der Waals surface area (Å²) in [6.07, 6.45) is 14.3. The molecule has 0 aliphatic heterocycles. The van der Waals surface area contributed by atoms with Gasteiger partial charge in [-0.05, 0) is 19.3 Å². The smallest absolute Gasteiger partial charge is 0.220 e. The number of carbonyl (C=O) groups is 1. The lowest BCUT2D eigenvalue weighted by Crippen LogP contribution is -2.56. The van der Waals surface area contributed by atoms with Crippen LogP contribution >= 0.6 is 12.2 Å². The zero-order valence-electron chi connectivity index (χ0n) is 13.6. The van der Waals surface area contributed by atoms with Crippen molar-refractivity contribution in [1.82, 2.24) is 5.32 Å². The summed E-state index contributed by atoms with van der Waals surface area (Å²) in [4.78, 5) is 12.7. The molecule has 4 heteroatoms. The van der Waals surface area contributed by atoms with E-state index in [0.717, 1.165) is 38.5 Å². The van der Waals surface area contributed by atoms with E-state index in [1.807, 2.05) is 0 Å². The summed E-state index contributed by atoms with van der Waals surface area (Å²) in [5.41, 5.74) is 5.53. The summed E-state index contributed by atoms with van der Waals surface area (Å²) in [7, 11) is 0. The van der Waals surface area contributed by atoms with Crippen molar-refractivity contribution in [2.24, 2.45) is 5.73 Å². The van der Waals surface area contributed by atoms with E-state index in [0.29, 0.717) is 11.4 Å². The normalized spacial score (nSPS) is 18.0. The SMILES string of the molecule is CCCCCCCCC(=O)NC1(C(N)=S)CCCCCC1. The summed E-state index contributed by atoms with van der Waals surface area (Å²) in [6, 6.07) is 0. The van der Waals surface area contributed by atoms with E-state index in [4.69, 9.17) is 18.0 Å². The Morgan fingerprint density at radius 1 is 1.05 bits per heavy atom. The molecule has 0 saturated heterocycles. The van der Waals surface area contributed by atoms with Crippen LogP contribution in [0.4, 0.5) is 0 Å². The molecule has 0 bridgehead atoms. The Bertz CT molecular complexity index is 323. The highest BCUT2D eigenvalue weighted by Crippen LogP contribution is 2.27. The third-order valence-corrected chi connectivity index (χ3v) is 4.96. The van der Waals surface area contributed by atoms with E-state index in [-0.39, 0.29) is 5.91 Å². The highest BCUT2D eigenvalue weighted by molar-refractivity contribution is 7.80. The van der Waals surface area contributed by atoms with Crippen LogP contribution in [0.1, 0.15) is 90.4 Å². The lowest BCUT2D eigenvalue weighted by molar-refractivity contribution is -0.122. The molecule has 0 radical (unpaired) electrons. The van der Waals surface area contributed by atoms with Crippen LogP contribution in [0.2, 0.25) is 0 Å². The maximum atomic E-state index is 12.2. The molecule has 21 heavy (non-hydrogen) atoms. The predicted octanol–water partition coefficient (Wildman–Crippen LogP) is 4.23. The molecule has 0 unspecified atom stereocenters. The van der Waals surface area contributed by atoms with E-state index in [2.05, 4.69) is 12.2 Å². The first-order valence-electron chi connectivity index (χ1n) is 8.71. The third-order valence-electron chi connectivity index (χ3n) is 4.56. The minimum absolute atomic E-state index is 0.125. The number of amides is 1. The van der Waals surface area contributed by atoms with Crippen molar-refractivity contribution in [1.29, 1.82) is 0 Å². The Morgan fingerprint density at radius 2 is 1.62 bits per heavy atom. The van der Waals surface area contributed by atoms with Gasteiger partial charge in [-0.25, -0.2) is 0 Å². The molecule has 0 atom stereocenters. The highest BCUT2D eigenvalue weighted by Gasteiger charge is 2.35. The molecule has 0 aromatic carbocycles. The fraction of sp³-hybridized carbons (Fsp3) is 0.882. The molecule has 1 amide bonds. The van der Waals surface area contributed by atoms with E-state index in [1.54, 1.807) is 0 Å². The second kappa shape index (κ2) is 10.1. The quantitative estimate of drug-likeness (QED) is 0.380. The Morgan fingerprint density at radius 3 is 2.19 bits per heavy atom. The van der Waals surface area contributed by atoms with Gasteiger partial charge >= 0.3 is 0 Å². The minimum atomic E-state index is -0.412. The Kier molecular flexibility index (Phi) is 8.90. The van der Waals surface area contributed by atoms with Crippen LogP contribution in [0.25, 0.3) is 0 Å². The number of nitrogens with two attached hydrogens (primary N) is 1. The molecular weight excluding hydrogens is 280 g/mol. The fourth-order valence-electron chi connectivity index (χ4n) is 3.16. The molecule has 1 rings (SSSR count). The number of unbranched alkanes of at least 4 members (excludes halogenated alkanes) is 5. The first-order valence-corrected chi connectivity index (χ1v) is 9.12. The summed E-state index contributed by atoms with van der Waals surface area (Å²) in [5.74, 6) is 0.125. The van der Waals surface area contributed by atoms with Gasteiger partial charge in [-0.3, -0.25) is 4.79 Å². The molecule has 1 aliphatic carbocycles. The molecule has 3 N–H and O–H groups in total. The van der Waals surface area contributed by atoms with Crippen LogP contribution in [0.5, 0.6) is 0 Å². The molecule has 1 aliphatic rings. The van der Waals surface area contributed by atoms with Crippen LogP contribution in [0, 0.1) is 0 Å². The van der Waals surface area contributed by atoms with Gasteiger partial charge in [0, 0.05) is 6.42 Å². The van der Waals surface area contributed by atoms with Crippen molar-refractivity contribution in [2.75, 3.05) is 0 Å². The summed E-state index contributed by atoms with van der Waals surface area (Å²) in [6.45, 7) is 2.22.